The van der Waals surface area contributed by atoms with Crippen LogP contribution >= 0.6 is 0 Å². The summed E-state index contributed by atoms with van der Waals surface area (Å²) in [6.45, 7) is 1.25. The van der Waals surface area contributed by atoms with E-state index in [1.54, 1.807) is 31.4 Å². The van der Waals surface area contributed by atoms with Crippen LogP contribution in [-0.2, 0) is 4.74 Å². The maximum atomic E-state index is 12.0. The Morgan fingerprint density at radius 2 is 2.09 bits per heavy atom. The smallest absolute Gasteiger partial charge is 0.290 e. The van der Waals surface area contributed by atoms with Gasteiger partial charge in [-0.2, -0.15) is 0 Å². The van der Waals surface area contributed by atoms with Crippen molar-refractivity contribution in [3.63, 3.8) is 0 Å². The first kappa shape index (κ1) is 15.4. The van der Waals surface area contributed by atoms with Crippen molar-refractivity contribution in [3.05, 3.63) is 42.2 Å². The molecule has 1 atom stereocenters. The van der Waals surface area contributed by atoms with E-state index in [9.17, 15) is 4.79 Å². The van der Waals surface area contributed by atoms with Gasteiger partial charge in [-0.1, -0.05) is 12.1 Å². The van der Waals surface area contributed by atoms with Gasteiger partial charge in [-0.3, -0.25) is 4.79 Å². The Hall–Kier alpha value is -2.47. The maximum absolute atomic E-state index is 12.0. The van der Waals surface area contributed by atoms with Crippen molar-refractivity contribution in [2.75, 3.05) is 20.3 Å². The number of furan rings is 1. The van der Waals surface area contributed by atoms with Gasteiger partial charge >= 0.3 is 0 Å². The molecule has 23 heavy (non-hydrogen) atoms. The lowest BCUT2D eigenvalue weighted by molar-refractivity contribution is 0.0831. The highest BCUT2D eigenvalue weighted by Crippen LogP contribution is 2.31. The molecule has 1 aliphatic heterocycles. The average Bonchev–Trinajstić information content (AvgIpc) is 3.25. The lowest BCUT2D eigenvalue weighted by atomic mass is 10.2. The SMILES string of the molecule is COc1ccccc1Oc1ccc(C(=O)NC[C@@H]2CCCO2)o1. The van der Waals surface area contributed by atoms with Crippen molar-refractivity contribution < 1.29 is 23.4 Å². The number of amides is 1. The van der Waals surface area contributed by atoms with Crippen molar-refractivity contribution >= 4 is 5.91 Å². The van der Waals surface area contributed by atoms with Gasteiger partial charge in [-0.25, -0.2) is 0 Å². The molecule has 0 bridgehead atoms. The second kappa shape index (κ2) is 7.19. The Morgan fingerprint density at radius 3 is 2.83 bits per heavy atom. The van der Waals surface area contributed by atoms with Crippen molar-refractivity contribution in [1.29, 1.82) is 0 Å². The van der Waals surface area contributed by atoms with E-state index in [4.69, 9.17) is 18.6 Å². The van der Waals surface area contributed by atoms with E-state index >= 15 is 0 Å². The lowest BCUT2D eigenvalue weighted by Crippen LogP contribution is -2.31. The summed E-state index contributed by atoms with van der Waals surface area (Å²) in [4.78, 5) is 12.0. The van der Waals surface area contributed by atoms with Crippen LogP contribution in [0.25, 0.3) is 0 Å². The van der Waals surface area contributed by atoms with Gasteiger partial charge in [0.1, 0.15) is 0 Å². The van der Waals surface area contributed by atoms with E-state index in [1.807, 2.05) is 12.1 Å². The summed E-state index contributed by atoms with van der Waals surface area (Å²) in [6.07, 6.45) is 2.11. The second-order valence-corrected chi connectivity index (χ2v) is 5.22. The molecule has 0 radical (unpaired) electrons. The molecule has 1 saturated heterocycles. The number of hydrogen-bond donors (Lipinski definition) is 1. The molecule has 122 valence electrons. The summed E-state index contributed by atoms with van der Waals surface area (Å²) in [5.41, 5.74) is 0. The topological polar surface area (TPSA) is 69.9 Å². The van der Waals surface area contributed by atoms with Crippen molar-refractivity contribution in [3.8, 4) is 17.4 Å². The van der Waals surface area contributed by atoms with Crippen LogP contribution in [0.15, 0.2) is 40.8 Å². The summed E-state index contributed by atoms with van der Waals surface area (Å²) in [5, 5.41) is 2.80. The van der Waals surface area contributed by atoms with Gasteiger partial charge in [0.2, 0.25) is 0 Å². The average molecular weight is 317 g/mol. The Kier molecular flexibility index (Phi) is 4.83. The Bertz CT molecular complexity index is 661. The van der Waals surface area contributed by atoms with Crippen LogP contribution < -0.4 is 14.8 Å². The predicted molar refractivity (Wildman–Crippen MR) is 83.1 cm³/mol. The first-order chi connectivity index (χ1) is 11.3. The zero-order chi connectivity index (χ0) is 16.1. The summed E-state index contributed by atoms with van der Waals surface area (Å²) >= 11 is 0. The third kappa shape index (κ3) is 3.84. The number of carbonyl (C=O) groups excluding carboxylic acids is 1. The minimum atomic E-state index is -0.282. The van der Waals surface area contributed by atoms with Crippen LogP contribution in [0.3, 0.4) is 0 Å². The Morgan fingerprint density at radius 1 is 1.26 bits per heavy atom. The normalized spacial score (nSPS) is 17.0. The van der Waals surface area contributed by atoms with Crippen LogP contribution in [0.4, 0.5) is 0 Å². The molecule has 0 unspecified atom stereocenters. The largest absolute Gasteiger partial charge is 0.493 e. The first-order valence-electron chi connectivity index (χ1n) is 7.57. The van der Waals surface area contributed by atoms with Crippen molar-refractivity contribution in [2.45, 2.75) is 18.9 Å². The highest BCUT2D eigenvalue weighted by atomic mass is 16.6. The van der Waals surface area contributed by atoms with E-state index < -0.39 is 0 Å². The summed E-state index contributed by atoms with van der Waals surface area (Å²) < 4.78 is 21.7. The van der Waals surface area contributed by atoms with Crippen LogP contribution in [0, 0.1) is 0 Å². The fraction of sp³-hybridized carbons (Fsp3) is 0.353. The molecule has 1 aromatic carbocycles. The first-order valence-corrected chi connectivity index (χ1v) is 7.57. The van der Waals surface area contributed by atoms with Gasteiger partial charge in [-0.15, -0.1) is 0 Å². The molecular weight excluding hydrogens is 298 g/mol. The van der Waals surface area contributed by atoms with Crippen LogP contribution in [0.1, 0.15) is 23.4 Å². The Balaban J connectivity index is 1.59. The minimum absolute atomic E-state index is 0.0956. The monoisotopic (exact) mass is 317 g/mol. The van der Waals surface area contributed by atoms with E-state index in [-0.39, 0.29) is 23.7 Å². The molecule has 3 rings (SSSR count). The van der Waals surface area contributed by atoms with Gasteiger partial charge < -0.3 is 23.9 Å². The van der Waals surface area contributed by atoms with Gasteiger partial charge in [0.15, 0.2) is 17.3 Å². The molecule has 2 aromatic rings. The quantitative estimate of drug-likeness (QED) is 0.887. The van der Waals surface area contributed by atoms with Crippen LogP contribution in [0.5, 0.6) is 17.4 Å². The fourth-order valence-electron chi connectivity index (χ4n) is 2.41. The third-order valence-electron chi connectivity index (χ3n) is 3.60. The number of nitrogens with one attached hydrogen (secondary N) is 1. The zero-order valence-electron chi connectivity index (χ0n) is 12.9. The molecule has 1 aromatic heterocycles. The predicted octanol–water partition coefficient (Wildman–Crippen LogP) is 2.99. The summed E-state index contributed by atoms with van der Waals surface area (Å²) in [5.74, 6) is 1.27. The fourth-order valence-corrected chi connectivity index (χ4v) is 2.41. The number of ether oxygens (including phenoxy) is 3. The van der Waals surface area contributed by atoms with Crippen molar-refractivity contribution in [1.82, 2.24) is 5.32 Å². The third-order valence-corrected chi connectivity index (χ3v) is 3.60. The van der Waals surface area contributed by atoms with E-state index in [0.717, 1.165) is 19.4 Å². The molecule has 6 heteroatoms. The minimum Gasteiger partial charge on any atom is -0.493 e. The molecular formula is C17H19NO5. The molecule has 1 amide bonds. The number of para-hydroxylation sites is 2. The number of methoxy groups -OCH3 is 1. The van der Waals surface area contributed by atoms with E-state index in [2.05, 4.69) is 5.32 Å². The lowest BCUT2D eigenvalue weighted by Gasteiger charge is -2.09. The maximum Gasteiger partial charge on any atom is 0.290 e. The second-order valence-electron chi connectivity index (χ2n) is 5.22. The molecule has 0 saturated carbocycles. The number of benzene rings is 1. The van der Waals surface area contributed by atoms with E-state index in [1.165, 1.54) is 0 Å². The van der Waals surface area contributed by atoms with Crippen molar-refractivity contribution in [2.24, 2.45) is 0 Å². The van der Waals surface area contributed by atoms with Gasteiger partial charge in [0.05, 0.1) is 13.2 Å². The number of rotatable bonds is 6. The molecule has 2 heterocycles. The molecule has 6 nitrogen and oxygen atoms in total. The molecule has 0 aliphatic carbocycles. The zero-order valence-corrected chi connectivity index (χ0v) is 12.9. The summed E-state index contributed by atoms with van der Waals surface area (Å²) in [7, 11) is 1.56. The summed E-state index contributed by atoms with van der Waals surface area (Å²) in [6, 6.07) is 10.4. The van der Waals surface area contributed by atoms with Gasteiger partial charge in [-0.05, 0) is 31.0 Å². The number of hydrogen-bond acceptors (Lipinski definition) is 5. The highest BCUT2D eigenvalue weighted by Gasteiger charge is 2.18. The molecule has 1 fully saturated rings. The van der Waals surface area contributed by atoms with E-state index in [0.29, 0.717) is 18.0 Å². The number of carbonyl (C=O) groups is 1. The standard InChI is InChI=1S/C17H19NO5/c1-20-13-6-2-3-7-14(13)22-16-9-8-15(23-16)17(19)18-11-12-5-4-10-21-12/h2-3,6-9,12H,4-5,10-11H2,1H3,(H,18,19)/t12-/m0/s1. The Labute approximate surface area is 134 Å². The molecule has 1 N–H and O–H groups in total. The molecule has 0 spiro atoms. The van der Waals surface area contributed by atoms with Crippen LogP contribution in [-0.4, -0.2) is 32.3 Å². The van der Waals surface area contributed by atoms with Crippen LogP contribution in [0.2, 0.25) is 0 Å². The highest BCUT2D eigenvalue weighted by molar-refractivity contribution is 5.91. The molecule has 1 aliphatic rings. The van der Waals surface area contributed by atoms with Gasteiger partial charge in [0, 0.05) is 19.2 Å². The van der Waals surface area contributed by atoms with Gasteiger partial charge in [0.25, 0.3) is 11.9 Å².